The quantitative estimate of drug-likeness (QED) is 0.715. The number of nitrogens with zero attached hydrogens (tertiary/aromatic N) is 2. The molecule has 1 fully saturated rings. The number of amides is 2. The Labute approximate surface area is 182 Å². The van der Waals surface area contributed by atoms with E-state index in [0.29, 0.717) is 33.1 Å². The number of thioether (sulfide) groups is 1. The van der Waals surface area contributed by atoms with Crippen molar-refractivity contribution in [2.45, 2.75) is 11.7 Å². The van der Waals surface area contributed by atoms with Crippen LogP contribution in [-0.4, -0.2) is 48.4 Å². The summed E-state index contributed by atoms with van der Waals surface area (Å²) in [6.45, 7) is 0. The smallest absolute Gasteiger partial charge is 0.242 e. The Hall–Kier alpha value is -2.78. The lowest BCUT2D eigenvalue weighted by Gasteiger charge is -2.14. The molecule has 1 saturated heterocycles. The van der Waals surface area contributed by atoms with Crippen LogP contribution in [0, 0.1) is 5.82 Å². The normalized spacial score (nSPS) is 17.4. The standard InChI is InChI=1S/C20H19ClFN3O4S/c1-25-19(27)17(30-20(25)23-12-6-4-11(22)5-7-12)10-18(26)24-14-9-15(28-2)13(21)8-16(14)29-3/h4-9,17H,10H2,1-3H3,(H,24,26)/t17-/m0/s1. The first-order valence-corrected chi connectivity index (χ1v) is 10.1. The maximum Gasteiger partial charge on any atom is 0.242 e. The maximum atomic E-state index is 13.1. The van der Waals surface area contributed by atoms with Crippen molar-refractivity contribution in [3.63, 3.8) is 0 Å². The SMILES string of the molecule is COc1cc(NC(=O)C[C@@H]2SC(=Nc3ccc(F)cc3)N(C)C2=O)c(OC)cc1Cl. The fourth-order valence-corrected chi connectivity index (χ4v) is 4.14. The number of ether oxygens (including phenoxy) is 2. The molecule has 0 spiro atoms. The molecular weight excluding hydrogens is 433 g/mol. The Balaban J connectivity index is 1.71. The summed E-state index contributed by atoms with van der Waals surface area (Å²) in [7, 11) is 4.50. The lowest BCUT2D eigenvalue weighted by atomic mass is 10.2. The second-order valence-corrected chi connectivity index (χ2v) is 7.89. The molecule has 1 atom stereocenters. The fourth-order valence-electron chi connectivity index (χ4n) is 2.75. The first-order chi connectivity index (χ1) is 14.3. The summed E-state index contributed by atoms with van der Waals surface area (Å²) in [5.41, 5.74) is 0.898. The van der Waals surface area contributed by atoms with Gasteiger partial charge in [0.1, 0.15) is 22.6 Å². The number of amidine groups is 1. The third kappa shape index (κ3) is 4.85. The number of carbonyl (C=O) groups excluding carboxylic acids is 2. The van der Waals surface area contributed by atoms with Gasteiger partial charge >= 0.3 is 0 Å². The van der Waals surface area contributed by atoms with Crippen LogP contribution >= 0.6 is 23.4 Å². The zero-order chi connectivity index (χ0) is 21.8. The van der Waals surface area contributed by atoms with E-state index in [4.69, 9.17) is 21.1 Å². The third-order valence-electron chi connectivity index (χ3n) is 4.31. The van der Waals surface area contributed by atoms with E-state index in [1.807, 2.05) is 0 Å². The molecule has 3 rings (SSSR count). The molecule has 1 aliphatic heterocycles. The minimum atomic E-state index is -0.630. The largest absolute Gasteiger partial charge is 0.495 e. The Bertz CT molecular complexity index is 1000. The van der Waals surface area contributed by atoms with Crippen LogP contribution in [0.15, 0.2) is 41.4 Å². The molecule has 0 aromatic heterocycles. The van der Waals surface area contributed by atoms with E-state index in [0.717, 1.165) is 0 Å². The first-order valence-electron chi connectivity index (χ1n) is 8.82. The van der Waals surface area contributed by atoms with Crippen molar-refractivity contribution >= 4 is 51.7 Å². The fraction of sp³-hybridized carbons (Fsp3) is 0.250. The molecule has 7 nitrogen and oxygen atoms in total. The predicted octanol–water partition coefficient (Wildman–Crippen LogP) is 4.09. The molecular formula is C20H19ClFN3O4S. The average Bonchev–Trinajstić information content (AvgIpc) is 2.98. The van der Waals surface area contributed by atoms with Crippen LogP contribution in [0.2, 0.25) is 5.02 Å². The van der Waals surface area contributed by atoms with Gasteiger partial charge in [0, 0.05) is 25.6 Å². The number of rotatable bonds is 6. The topological polar surface area (TPSA) is 80.2 Å². The summed E-state index contributed by atoms with van der Waals surface area (Å²) in [6.07, 6.45) is -0.0651. The number of halogens is 2. The molecule has 1 N–H and O–H groups in total. The van der Waals surface area contributed by atoms with Crippen molar-refractivity contribution in [1.29, 1.82) is 0 Å². The molecule has 2 amide bonds. The van der Waals surface area contributed by atoms with Crippen molar-refractivity contribution in [3.05, 3.63) is 47.2 Å². The molecule has 1 heterocycles. The monoisotopic (exact) mass is 451 g/mol. The minimum absolute atomic E-state index is 0.0651. The van der Waals surface area contributed by atoms with Crippen LogP contribution in [0.4, 0.5) is 15.8 Å². The van der Waals surface area contributed by atoms with Gasteiger partial charge in [0.25, 0.3) is 0 Å². The van der Waals surface area contributed by atoms with Crippen LogP contribution in [-0.2, 0) is 9.59 Å². The molecule has 10 heteroatoms. The Morgan fingerprint density at radius 3 is 2.53 bits per heavy atom. The lowest BCUT2D eigenvalue weighted by Crippen LogP contribution is -2.30. The van der Waals surface area contributed by atoms with E-state index in [1.54, 1.807) is 13.1 Å². The van der Waals surface area contributed by atoms with E-state index in [1.165, 1.54) is 61.2 Å². The summed E-state index contributed by atoms with van der Waals surface area (Å²) in [4.78, 5) is 30.9. The van der Waals surface area contributed by atoms with Crippen molar-refractivity contribution in [2.75, 3.05) is 26.6 Å². The number of methoxy groups -OCH3 is 2. The van der Waals surface area contributed by atoms with Crippen LogP contribution in [0.25, 0.3) is 0 Å². The van der Waals surface area contributed by atoms with Crippen LogP contribution in [0.1, 0.15) is 6.42 Å². The molecule has 2 aromatic carbocycles. The van der Waals surface area contributed by atoms with Gasteiger partial charge in [-0.25, -0.2) is 9.38 Å². The molecule has 0 bridgehead atoms. The minimum Gasteiger partial charge on any atom is -0.495 e. The van der Waals surface area contributed by atoms with E-state index in [9.17, 15) is 14.0 Å². The highest BCUT2D eigenvalue weighted by molar-refractivity contribution is 8.15. The van der Waals surface area contributed by atoms with Crippen molar-refractivity contribution < 1.29 is 23.5 Å². The molecule has 0 unspecified atom stereocenters. The number of benzene rings is 2. The van der Waals surface area contributed by atoms with Gasteiger partial charge in [-0.15, -0.1) is 0 Å². The van der Waals surface area contributed by atoms with Gasteiger partial charge in [-0.05, 0) is 24.3 Å². The Morgan fingerprint density at radius 2 is 1.90 bits per heavy atom. The maximum absolute atomic E-state index is 13.1. The number of aliphatic imine (C=N–C) groups is 1. The van der Waals surface area contributed by atoms with Crippen LogP contribution < -0.4 is 14.8 Å². The summed E-state index contributed by atoms with van der Waals surface area (Å²) < 4.78 is 23.5. The van der Waals surface area contributed by atoms with Crippen molar-refractivity contribution in [2.24, 2.45) is 4.99 Å². The van der Waals surface area contributed by atoms with Gasteiger partial charge in [0.05, 0.1) is 30.6 Å². The Morgan fingerprint density at radius 1 is 1.23 bits per heavy atom. The molecule has 1 aliphatic rings. The molecule has 158 valence electrons. The van der Waals surface area contributed by atoms with E-state index < -0.39 is 5.25 Å². The number of anilines is 1. The molecule has 30 heavy (non-hydrogen) atoms. The average molecular weight is 452 g/mol. The highest BCUT2D eigenvalue weighted by Crippen LogP contribution is 2.36. The zero-order valence-corrected chi connectivity index (χ0v) is 18.0. The lowest BCUT2D eigenvalue weighted by molar-refractivity contribution is -0.127. The second kappa shape index (κ2) is 9.36. The van der Waals surface area contributed by atoms with Gasteiger partial charge < -0.3 is 14.8 Å². The van der Waals surface area contributed by atoms with Gasteiger partial charge in [-0.1, -0.05) is 23.4 Å². The highest BCUT2D eigenvalue weighted by atomic mass is 35.5. The molecule has 0 saturated carbocycles. The number of hydrogen-bond donors (Lipinski definition) is 1. The number of hydrogen-bond acceptors (Lipinski definition) is 6. The third-order valence-corrected chi connectivity index (χ3v) is 5.83. The van der Waals surface area contributed by atoms with E-state index in [-0.39, 0.29) is 24.1 Å². The van der Waals surface area contributed by atoms with Gasteiger partial charge in [0.2, 0.25) is 11.8 Å². The number of carbonyl (C=O) groups is 2. The van der Waals surface area contributed by atoms with Gasteiger partial charge in [0.15, 0.2) is 5.17 Å². The van der Waals surface area contributed by atoms with E-state index >= 15 is 0 Å². The van der Waals surface area contributed by atoms with Gasteiger partial charge in [-0.2, -0.15) is 0 Å². The van der Waals surface area contributed by atoms with Crippen molar-refractivity contribution in [1.82, 2.24) is 4.90 Å². The van der Waals surface area contributed by atoms with Crippen LogP contribution in [0.3, 0.4) is 0 Å². The summed E-state index contributed by atoms with van der Waals surface area (Å²) in [6, 6.07) is 8.70. The van der Waals surface area contributed by atoms with Gasteiger partial charge in [-0.3, -0.25) is 14.5 Å². The summed E-state index contributed by atoms with van der Waals surface area (Å²) in [5.74, 6) is -0.231. The summed E-state index contributed by atoms with van der Waals surface area (Å²) in [5, 5.41) is 2.88. The Kier molecular flexibility index (Phi) is 6.84. The predicted molar refractivity (Wildman–Crippen MR) is 115 cm³/mol. The zero-order valence-electron chi connectivity index (χ0n) is 16.4. The first kappa shape index (κ1) is 21.9. The van der Waals surface area contributed by atoms with Crippen LogP contribution in [0.5, 0.6) is 11.5 Å². The second-order valence-electron chi connectivity index (χ2n) is 6.31. The van der Waals surface area contributed by atoms with E-state index in [2.05, 4.69) is 10.3 Å². The summed E-state index contributed by atoms with van der Waals surface area (Å²) >= 11 is 7.26. The highest BCUT2D eigenvalue weighted by Gasteiger charge is 2.37. The number of nitrogens with one attached hydrogen (secondary N) is 1. The molecule has 0 radical (unpaired) electrons. The molecule has 2 aromatic rings. The van der Waals surface area contributed by atoms with Crippen molar-refractivity contribution in [3.8, 4) is 11.5 Å². The molecule has 0 aliphatic carbocycles.